The van der Waals surface area contributed by atoms with Crippen LogP contribution in [0.15, 0.2) is 83.8 Å². The van der Waals surface area contributed by atoms with E-state index in [-0.39, 0.29) is 16.9 Å². The van der Waals surface area contributed by atoms with Crippen molar-refractivity contribution in [1.82, 2.24) is 0 Å². The fourth-order valence-electron chi connectivity index (χ4n) is 4.80. The summed E-state index contributed by atoms with van der Waals surface area (Å²) in [6, 6.07) is 21.0. The second-order valence-electron chi connectivity index (χ2n) is 8.42. The van der Waals surface area contributed by atoms with Gasteiger partial charge in [-0.1, -0.05) is 42.5 Å². The number of para-hydroxylation sites is 1. The van der Waals surface area contributed by atoms with Crippen LogP contribution in [0.25, 0.3) is 0 Å². The van der Waals surface area contributed by atoms with E-state index in [0.717, 1.165) is 29.0 Å². The summed E-state index contributed by atoms with van der Waals surface area (Å²) in [4.78, 5) is 0.278. The summed E-state index contributed by atoms with van der Waals surface area (Å²) < 4.78 is 34.4. The molecule has 2 aliphatic rings. The Morgan fingerprint density at radius 1 is 1.03 bits per heavy atom. The Morgan fingerprint density at radius 2 is 1.88 bits per heavy atom. The largest absolute Gasteiger partial charge is 0.497 e. The molecule has 32 heavy (non-hydrogen) atoms. The summed E-state index contributed by atoms with van der Waals surface area (Å²) in [5.74, 6) is 1.31. The topological polar surface area (TPSA) is 67.4 Å². The molecular weight excluding hydrogens is 420 g/mol. The van der Waals surface area contributed by atoms with Crippen LogP contribution in [0.3, 0.4) is 0 Å². The predicted molar refractivity (Wildman–Crippen MR) is 128 cm³/mol. The molecule has 0 fully saturated rings. The van der Waals surface area contributed by atoms with Gasteiger partial charge in [0.05, 0.1) is 23.7 Å². The van der Waals surface area contributed by atoms with Crippen molar-refractivity contribution in [2.75, 3.05) is 17.1 Å². The first kappa shape index (κ1) is 20.6. The van der Waals surface area contributed by atoms with E-state index in [4.69, 9.17) is 4.74 Å². The summed E-state index contributed by atoms with van der Waals surface area (Å²) in [6.07, 6.45) is 5.35. The lowest BCUT2D eigenvalue weighted by molar-refractivity contribution is 0.406. The maximum Gasteiger partial charge on any atom is 0.261 e. The van der Waals surface area contributed by atoms with Gasteiger partial charge in [-0.3, -0.25) is 4.72 Å². The molecule has 164 valence electrons. The Balaban J connectivity index is 1.50. The molecule has 0 aromatic heterocycles. The Bertz CT molecular complexity index is 1300. The van der Waals surface area contributed by atoms with E-state index in [1.54, 1.807) is 19.2 Å². The Kier molecular flexibility index (Phi) is 5.18. The Morgan fingerprint density at radius 3 is 2.69 bits per heavy atom. The first-order valence-electron chi connectivity index (χ1n) is 10.8. The number of rotatable bonds is 5. The van der Waals surface area contributed by atoms with Crippen molar-refractivity contribution in [3.8, 4) is 5.75 Å². The standard InChI is InChI=1S/C26H26N2O3S/c1-17-7-3-4-12-24(17)28-32(29,30)20-13-14-25-23(16-20)21-10-6-11-22(21)26(27-25)18-8-5-9-19(15-18)31-2/h3-10,12-16,21-22,26-28H,11H2,1-2H3/t21-,22+,26+/m0/s1. The number of ether oxygens (including phenoxy) is 1. The summed E-state index contributed by atoms with van der Waals surface area (Å²) in [6.45, 7) is 1.89. The molecule has 0 spiro atoms. The molecule has 3 aromatic carbocycles. The minimum Gasteiger partial charge on any atom is -0.497 e. The first-order chi connectivity index (χ1) is 15.5. The van der Waals surface area contributed by atoms with Gasteiger partial charge in [-0.15, -0.1) is 0 Å². The molecule has 2 N–H and O–H groups in total. The highest BCUT2D eigenvalue weighted by molar-refractivity contribution is 7.92. The third kappa shape index (κ3) is 3.65. The number of benzene rings is 3. The van der Waals surface area contributed by atoms with Crippen LogP contribution in [0.1, 0.15) is 35.1 Å². The van der Waals surface area contributed by atoms with E-state index in [1.165, 1.54) is 5.56 Å². The lowest BCUT2D eigenvalue weighted by Crippen LogP contribution is -2.29. The van der Waals surface area contributed by atoms with Crippen LogP contribution in [0.5, 0.6) is 5.75 Å². The number of methoxy groups -OCH3 is 1. The highest BCUT2D eigenvalue weighted by Gasteiger charge is 2.38. The normalized spacial score (nSPS) is 21.4. The van der Waals surface area contributed by atoms with E-state index >= 15 is 0 Å². The minimum absolute atomic E-state index is 0.130. The number of nitrogens with one attached hydrogen (secondary N) is 2. The smallest absolute Gasteiger partial charge is 0.261 e. The third-order valence-corrected chi connectivity index (χ3v) is 7.85. The average Bonchev–Trinajstić information content (AvgIpc) is 3.30. The molecule has 0 saturated heterocycles. The molecule has 3 aromatic rings. The molecule has 0 unspecified atom stereocenters. The number of hydrogen-bond donors (Lipinski definition) is 2. The lowest BCUT2D eigenvalue weighted by Gasteiger charge is -2.37. The summed E-state index contributed by atoms with van der Waals surface area (Å²) in [5, 5.41) is 3.66. The summed E-state index contributed by atoms with van der Waals surface area (Å²) in [7, 11) is -2.01. The van der Waals surface area contributed by atoms with Gasteiger partial charge in [-0.05, 0) is 72.4 Å². The molecule has 1 aliphatic carbocycles. The van der Waals surface area contributed by atoms with Gasteiger partial charge in [0, 0.05) is 11.6 Å². The van der Waals surface area contributed by atoms with Gasteiger partial charge in [-0.25, -0.2) is 8.42 Å². The maximum atomic E-state index is 13.1. The van der Waals surface area contributed by atoms with Gasteiger partial charge >= 0.3 is 0 Å². The second-order valence-corrected chi connectivity index (χ2v) is 10.1. The van der Waals surface area contributed by atoms with Crippen molar-refractivity contribution in [3.63, 3.8) is 0 Å². The molecule has 0 bridgehead atoms. The van der Waals surface area contributed by atoms with Gasteiger partial charge in [0.2, 0.25) is 0 Å². The lowest BCUT2D eigenvalue weighted by atomic mass is 9.77. The van der Waals surface area contributed by atoms with Crippen molar-refractivity contribution >= 4 is 21.4 Å². The van der Waals surface area contributed by atoms with Crippen molar-refractivity contribution in [2.24, 2.45) is 5.92 Å². The maximum absolute atomic E-state index is 13.1. The van der Waals surface area contributed by atoms with Crippen molar-refractivity contribution in [1.29, 1.82) is 0 Å². The summed E-state index contributed by atoms with van der Waals surface area (Å²) >= 11 is 0. The fourth-order valence-corrected chi connectivity index (χ4v) is 5.96. The van der Waals surface area contributed by atoms with Gasteiger partial charge in [0.25, 0.3) is 10.0 Å². The van der Waals surface area contributed by atoms with Crippen LogP contribution in [0.2, 0.25) is 0 Å². The molecule has 0 amide bonds. The Labute approximate surface area is 189 Å². The van der Waals surface area contributed by atoms with Gasteiger partial charge in [-0.2, -0.15) is 0 Å². The van der Waals surface area contributed by atoms with Crippen LogP contribution >= 0.6 is 0 Å². The zero-order valence-corrected chi connectivity index (χ0v) is 18.9. The van der Waals surface area contributed by atoms with Crippen LogP contribution in [-0.2, 0) is 10.0 Å². The van der Waals surface area contributed by atoms with Gasteiger partial charge in [0.1, 0.15) is 5.75 Å². The molecule has 3 atom stereocenters. The molecule has 0 radical (unpaired) electrons. The number of hydrogen-bond acceptors (Lipinski definition) is 4. The van der Waals surface area contributed by atoms with E-state index in [0.29, 0.717) is 11.6 Å². The molecule has 1 aliphatic heterocycles. The highest BCUT2D eigenvalue weighted by atomic mass is 32.2. The van der Waals surface area contributed by atoms with Gasteiger partial charge < -0.3 is 10.1 Å². The van der Waals surface area contributed by atoms with Crippen molar-refractivity contribution in [2.45, 2.75) is 30.2 Å². The average molecular weight is 447 g/mol. The number of fused-ring (bicyclic) bond motifs is 3. The van der Waals surface area contributed by atoms with E-state index in [9.17, 15) is 8.42 Å². The SMILES string of the molecule is COc1cccc([C@H]2Nc3ccc(S(=O)(=O)Nc4ccccc4C)cc3[C@H]3C=CC[C@H]32)c1. The molecular formula is C26H26N2O3S. The van der Waals surface area contributed by atoms with E-state index in [1.807, 2.05) is 49.4 Å². The minimum atomic E-state index is -3.69. The molecule has 5 rings (SSSR count). The fraction of sp³-hybridized carbons (Fsp3) is 0.231. The quantitative estimate of drug-likeness (QED) is 0.499. The molecule has 1 heterocycles. The van der Waals surface area contributed by atoms with Crippen molar-refractivity contribution < 1.29 is 13.2 Å². The second kappa shape index (κ2) is 8.02. The van der Waals surface area contributed by atoms with Crippen LogP contribution in [0.4, 0.5) is 11.4 Å². The third-order valence-electron chi connectivity index (χ3n) is 6.49. The van der Waals surface area contributed by atoms with E-state index in [2.05, 4.69) is 34.3 Å². The predicted octanol–water partition coefficient (Wildman–Crippen LogP) is 5.63. The first-order valence-corrected chi connectivity index (χ1v) is 12.2. The zero-order valence-electron chi connectivity index (χ0n) is 18.1. The number of aryl methyl sites for hydroxylation is 1. The Hall–Kier alpha value is -3.25. The monoisotopic (exact) mass is 446 g/mol. The van der Waals surface area contributed by atoms with E-state index < -0.39 is 10.0 Å². The molecule has 5 nitrogen and oxygen atoms in total. The zero-order chi connectivity index (χ0) is 22.3. The van der Waals surface area contributed by atoms with Gasteiger partial charge in [0.15, 0.2) is 0 Å². The summed E-state index contributed by atoms with van der Waals surface area (Å²) in [5.41, 5.74) is 4.65. The van der Waals surface area contributed by atoms with Crippen LogP contribution in [-0.4, -0.2) is 15.5 Å². The van der Waals surface area contributed by atoms with Crippen LogP contribution < -0.4 is 14.8 Å². The molecule has 0 saturated carbocycles. The number of anilines is 2. The molecule has 6 heteroatoms. The number of sulfonamides is 1. The van der Waals surface area contributed by atoms with Crippen molar-refractivity contribution in [3.05, 3.63) is 95.6 Å². The highest BCUT2D eigenvalue weighted by Crippen LogP contribution is 2.50. The van der Waals surface area contributed by atoms with Crippen LogP contribution in [0, 0.1) is 12.8 Å². The number of allylic oxidation sites excluding steroid dienone is 2.